The zero-order valence-electron chi connectivity index (χ0n) is 37.8. The molecule has 0 aromatic rings. The van der Waals surface area contributed by atoms with Gasteiger partial charge >= 0.3 is 0 Å². The van der Waals surface area contributed by atoms with Crippen LogP contribution < -0.4 is 0 Å². The van der Waals surface area contributed by atoms with Crippen molar-refractivity contribution in [2.75, 3.05) is 26.4 Å². The highest BCUT2D eigenvalue weighted by Gasteiger charge is 2.69. The fourth-order valence-electron chi connectivity index (χ4n) is 14.2. The molecular weight excluding hydrogens is 860 g/mol. The summed E-state index contributed by atoms with van der Waals surface area (Å²) in [5.74, 6) is -0.194. The number of aliphatic hydroxyl groups excluding tert-OH is 12. The first-order chi connectivity index (χ1) is 30.7. The second kappa shape index (κ2) is 19.4. The molecule has 65 heavy (non-hydrogen) atoms. The Morgan fingerprint density at radius 3 is 1.86 bits per heavy atom. The number of ether oxygens (including phenoxy) is 7. The number of hydrogen-bond donors (Lipinski definition) is 13. The van der Waals surface area contributed by atoms with Crippen molar-refractivity contribution in [2.45, 2.75) is 202 Å². The molecule has 4 heterocycles. The van der Waals surface area contributed by atoms with Crippen LogP contribution in [0, 0.1) is 52.3 Å². The quantitative estimate of drug-likeness (QED) is 0.0829. The molecule has 28 atom stereocenters. The normalized spacial score (nSPS) is 56.1. The summed E-state index contributed by atoms with van der Waals surface area (Å²) in [5.41, 5.74) is -0.302. The van der Waals surface area contributed by atoms with Crippen LogP contribution in [-0.4, -0.2) is 209 Å². The first-order valence-electron chi connectivity index (χ1n) is 23.9. The summed E-state index contributed by atoms with van der Waals surface area (Å²) in [7, 11) is 0. The lowest BCUT2D eigenvalue weighted by Crippen LogP contribution is -2.65. The maximum Gasteiger partial charge on any atom is 0.187 e. The van der Waals surface area contributed by atoms with Crippen LogP contribution in [0.5, 0.6) is 0 Å². The average molecular weight is 937 g/mol. The molecule has 8 rings (SSSR count). The standard InChI is InChI=1S/C45H76O20/c1-18(17-59-40-37(56)34(53)31(50)27(14-46)61-40)7-10-45(58)19(2)30-26(65-45)12-23-21-6-5-20-11-25(24(49)13-44(20,4)22(21)8-9-43(23,30)3)60-42-39(36(55)33(52)29(16-48)63-42)64-41-38(57)35(54)32(51)28(15-47)62-41/h18-42,46-58H,5-17H2,1-4H3/t18-,19+,20-,21-,22+,23+,24+,25-,26+,27-,28-,29-,30+,31-,32-,33+,34+,35+,36+,37-,38-,39-,40-,41+,42-,43+,44+,45+/m1/s1. The van der Waals surface area contributed by atoms with E-state index in [4.69, 9.17) is 33.2 Å². The summed E-state index contributed by atoms with van der Waals surface area (Å²) in [6, 6.07) is 0. The van der Waals surface area contributed by atoms with Crippen molar-refractivity contribution in [3.05, 3.63) is 0 Å². The molecule has 0 amide bonds. The second-order valence-corrected chi connectivity index (χ2v) is 21.6. The van der Waals surface area contributed by atoms with Crippen LogP contribution in [0.25, 0.3) is 0 Å². The minimum absolute atomic E-state index is 0.0708. The highest BCUT2D eigenvalue weighted by molar-refractivity contribution is 5.15. The van der Waals surface area contributed by atoms with Gasteiger partial charge in [-0.15, -0.1) is 0 Å². The molecule has 20 heteroatoms. The largest absolute Gasteiger partial charge is 0.394 e. The van der Waals surface area contributed by atoms with Gasteiger partial charge in [0.05, 0.1) is 44.7 Å². The van der Waals surface area contributed by atoms with Crippen molar-refractivity contribution < 1.29 is 99.5 Å². The van der Waals surface area contributed by atoms with E-state index in [0.717, 1.165) is 32.1 Å². The monoisotopic (exact) mass is 936 g/mol. The molecule has 376 valence electrons. The molecule has 4 aliphatic heterocycles. The highest BCUT2D eigenvalue weighted by atomic mass is 16.8. The van der Waals surface area contributed by atoms with E-state index in [1.807, 2.05) is 6.92 Å². The third kappa shape index (κ3) is 8.89. The smallest absolute Gasteiger partial charge is 0.187 e. The molecule has 0 radical (unpaired) electrons. The molecule has 4 saturated heterocycles. The summed E-state index contributed by atoms with van der Waals surface area (Å²) in [4.78, 5) is 0. The molecular formula is C45H76O20. The minimum atomic E-state index is -1.81. The van der Waals surface area contributed by atoms with Gasteiger partial charge in [0.25, 0.3) is 0 Å². The molecule has 8 aliphatic rings. The molecule has 0 aromatic carbocycles. The Morgan fingerprint density at radius 2 is 1.23 bits per heavy atom. The predicted octanol–water partition coefficient (Wildman–Crippen LogP) is -2.81. The van der Waals surface area contributed by atoms with Crippen molar-refractivity contribution in [1.29, 1.82) is 0 Å². The van der Waals surface area contributed by atoms with Gasteiger partial charge in [-0.1, -0.05) is 27.7 Å². The Bertz CT molecular complexity index is 1600. The van der Waals surface area contributed by atoms with Gasteiger partial charge in [0.15, 0.2) is 24.7 Å². The fraction of sp³-hybridized carbons (Fsp3) is 1.00. The van der Waals surface area contributed by atoms with Crippen molar-refractivity contribution in [1.82, 2.24) is 0 Å². The molecule has 0 spiro atoms. The van der Waals surface area contributed by atoms with E-state index in [9.17, 15) is 66.4 Å². The summed E-state index contributed by atoms with van der Waals surface area (Å²) >= 11 is 0. The van der Waals surface area contributed by atoms with E-state index in [2.05, 4.69) is 20.8 Å². The Hall–Kier alpha value is -0.800. The van der Waals surface area contributed by atoms with E-state index in [1.54, 1.807) is 0 Å². The van der Waals surface area contributed by atoms with Crippen molar-refractivity contribution in [3.63, 3.8) is 0 Å². The third-order valence-electron chi connectivity index (χ3n) is 18.0. The average Bonchev–Trinajstić information content (AvgIpc) is 3.72. The SMILES string of the molecule is C[C@H](CC[C@]1(O)O[C@H]2C[C@H]3[C@@H]4CC[C@@H]5C[C@@H](O[C@@H]6O[C@H](CO)[C@H](O)[C@H](O)[C@H]6O[C@@H]6O[C@H](CO)[C@@H](O)[C@H](O)[C@H]6O)[C@@H](O)C[C@]5(C)[C@H]4CC[C@]3(C)[C@H]2[C@@H]1C)CO[C@@H]1O[C@H](CO)[C@@H](O)[C@H](O)[C@H]1O. The molecule has 0 aromatic heterocycles. The Balaban J connectivity index is 0.885. The van der Waals surface area contributed by atoms with Crippen LogP contribution in [0.15, 0.2) is 0 Å². The number of fused-ring (bicyclic) bond motifs is 7. The summed E-state index contributed by atoms with van der Waals surface area (Å²) < 4.78 is 41.7. The van der Waals surface area contributed by atoms with Crippen molar-refractivity contribution in [2.24, 2.45) is 52.3 Å². The van der Waals surface area contributed by atoms with Crippen LogP contribution >= 0.6 is 0 Å². The van der Waals surface area contributed by atoms with Gasteiger partial charge in [-0.05, 0) is 97.7 Å². The van der Waals surface area contributed by atoms with Crippen molar-refractivity contribution in [3.8, 4) is 0 Å². The van der Waals surface area contributed by atoms with Crippen LogP contribution in [0.2, 0.25) is 0 Å². The Kier molecular flexibility index (Phi) is 15.1. The fourth-order valence-corrected chi connectivity index (χ4v) is 14.2. The molecule has 13 N–H and O–H groups in total. The zero-order chi connectivity index (χ0) is 47.1. The van der Waals surface area contributed by atoms with Gasteiger partial charge in [0.2, 0.25) is 0 Å². The van der Waals surface area contributed by atoms with Gasteiger partial charge in [-0.2, -0.15) is 0 Å². The molecule has 4 saturated carbocycles. The number of aliphatic hydroxyl groups is 13. The second-order valence-electron chi connectivity index (χ2n) is 21.6. The van der Waals surface area contributed by atoms with Gasteiger partial charge in [0.1, 0.15) is 73.2 Å². The Morgan fingerprint density at radius 1 is 0.646 bits per heavy atom. The lowest BCUT2D eigenvalue weighted by atomic mass is 9.44. The van der Waals surface area contributed by atoms with Gasteiger partial charge in [-0.25, -0.2) is 0 Å². The highest BCUT2D eigenvalue weighted by Crippen LogP contribution is 2.71. The molecule has 0 bridgehead atoms. The predicted molar refractivity (Wildman–Crippen MR) is 220 cm³/mol. The summed E-state index contributed by atoms with van der Waals surface area (Å²) in [5, 5.41) is 137. The number of hydrogen-bond acceptors (Lipinski definition) is 20. The minimum Gasteiger partial charge on any atom is -0.394 e. The van der Waals surface area contributed by atoms with E-state index >= 15 is 0 Å². The van der Waals surface area contributed by atoms with Crippen LogP contribution in [-0.2, 0) is 33.2 Å². The van der Waals surface area contributed by atoms with Crippen LogP contribution in [0.1, 0.15) is 85.5 Å². The first-order valence-corrected chi connectivity index (χ1v) is 23.9. The Labute approximate surface area is 379 Å². The lowest BCUT2D eigenvalue weighted by molar-refractivity contribution is -0.376. The van der Waals surface area contributed by atoms with E-state index in [-0.39, 0.29) is 47.2 Å². The number of rotatable bonds is 13. The maximum absolute atomic E-state index is 12.1. The first kappa shape index (κ1) is 50.6. The lowest BCUT2D eigenvalue weighted by Gasteiger charge is -2.62. The summed E-state index contributed by atoms with van der Waals surface area (Å²) in [6.45, 7) is 6.91. The maximum atomic E-state index is 12.1. The van der Waals surface area contributed by atoms with Gasteiger partial charge in [0, 0.05) is 12.3 Å². The van der Waals surface area contributed by atoms with Gasteiger partial charge in [-0.3, -0.25) is 0 Å². The molecule has 4 aliphatic carbocycles. The topological polar surface area (TPSA) is 328 Å². The van der Waals surface area contributed by atoms with Crippen molar-refractivity contribution >= 4 is 0 Å². The van der Waals surface area contributed by atoms with E-state index in [1.165, 1.54) is 0 Å². The molecule has 20 nitrogen and oxygen atoms in total. The van der Waals surface area contributed by atoms with Gasteiger partial charge < -0.3 is 99.5 Å². The molecule has 0 unspecified atom stereocenters. The van der Waals surface area contributed by atoms with E-state index < -0.39 is 130 Å². The summed E-state index contributed by atoms with van der Waals surface area (Å²) in [6.07, 6.45) is -18.0. The molecule has 8 fully saturated rings. The van der Waals surface area contributed by atoms with Crippen LogP contribution in [0.3, 0.4) is 0 Å². The zero-order valence-corrected chi connectivity index (χ0v) is 37.8. The van der Waals surface area contributed by atoms with E-state index in [0.29, 0.717) is 43.4 Å². The van der Waals surface area contributed by atoms with Crippen LogP contribution in [0.4, 0.5) is 0 Å². The third-order valence-corrected chi connectivity index (χ3v) is 18.0.